The zero-order valence-electron chi connectivity index (χ0n) is 18.6. The van der Waals surface area contributed by atoms with Crippen LogP contribution in [0.3, 0.4) is 0 Å². The minimum atomic E-state index is -3.91. The maximum atomic E-state index is 15.2. The van der Waals surface area contributed by atoms with Crippen molar-refractivity contribution in [2.24, 2.45) is 0 Å². The van der Waals surface area contributed by atoms with Gasteiger partial charge in [0.05, 0.1) is 16.2 Å². The molecule has 3 fully saturated rings. The zero-order valence-corrected chi connectivity index (χ0v) is 19.4. The van der Waals surface area contributed by atoms with Gasteiger partial charge in [-0.3, -0.25) is 4.90 Å². The molecule has 0 bridgehead atoms. The summed E-state index contributed by atoms with van der Waals surface area (Å²) in [6, 6.07) is 3.81. The number of fused-ring (bicyclic) bond motifs is 2. The second kappa shape index (κ2) is 7.90. The maximum Gasteiger partial charge on any atom is 0.326 e. The van der Waals surface area contributed by atoms with Crippen LogP contribution < -0.4 is 9.62 Å². The first-order valence-electron chi connectivity index (χ1n) is 11.4. The standard InChI is InChI=1S/C23H20F4N4O4S/c24-14-4-2-5-15(25)19(14)13-3-1-6-16-20(13)21(28-35-16)30-10-9-18-23(26,27)17(11-31(18)22(30)32)29-36(33,34)12-7-8-12/h1-6,12,17-18,29H,7-11H2/t17-,18-/m1/s1. The van der Waals surface area contributed by atoms with E-state index >= 15 is 8.78 Å². The highest BCUT2D eigenvalue weighted by molar-refractivity contribution is 7.90. The minimum absolute atomic E-state index is 0.0583. The molecule has 6 rings (SSSR count). The van der Waals surface area contributed by atoms with E-state index < -0.39 is 57.5 Å². The summed E-state index contributed by atoms with van der Waals surface area (Å²) < 4.78 is 91.6. The molecule has 0 radical (unpaired) electrons. The van der Waals surface area contributed by atoms with E-state index in [9.17, 15) is 22.0 Å². The topological polar surface area (TPSA) is 95.8 Å². The number of anilines is 1. The summed E-state index contributed by atoms with van der Waals surface area (Å²) in [7, 11) is -3.91. The van der Waals surface area contributed by atoms with Crippen molar-refractivity contribution in [3.63, 3.8) is 0 Å². The Hall–Kier alpha value is -3.19. The number of carbonyl (C=O) groups excluding carboxylic acids is 1. The molecular weight excluding hydrogens is 504 g/mol. The van der Waals surface area contributed by atoms with Crippen LogP contribution in [0.1, 0.15) is 19.3 Å². The smallest absolute Gasteiger partial charge is 0.326 e. The molecule has 36 heavy (non-hydrogen) atoms. The number of halogens is 4. The van der Waals surface area contributed by atoms with Gasteiger partial charge in [-0.25, -0.2) is 35.5 Å². The highest BCUT2D eigenvalue weighted by Gasteiger charge is 2.61. The molecule has 3 heterocycles. The fourth-order valence-electron chi connectivity index (χ4n) is 5.06. The van der Waals surface area contributed by atoms with Gasteiger partial charge in [0.2, 0.25) is 10.0 Å². The molecule has 0 unspecified atom stereocenters. The first-order chi connectivity index (χ1) is 17.1. The van der Waals surface area contributed by atoms with Crippen molar-refractivity contribution in [3.05, 3.63) is 48.0 Å². The number of carbonyl (C=O) groups is 1. The number of amides is 2. The van der Waals surface area contributed by atoms with Crippen molar-refractivity contribution in [1.29, 1.82) is 0 Å². The molecule has 2 amide bonds. The molecule has 1 aliphatic carbocycles. The highest BCUT2D eigenvalue weighted by Crippen LogP contribution is 2.43. The lowest BCUT2D eigenvalue weighted by molar-refractivity contribution is -0.0448. The van der Waals surface area contributed by atoms with Crippen LogP contribution in [-0.2, 0) is 10.0 Å². The van der Waals surface area contributed by atoms with Crippen LogP contribution >= 0.6 is 0 Å². The number of alkyl halides is 2. The molecule has 1 saturated carbocycles. The van der Waals surface area contributed by atoms with Gasteiger partial charge in [0.1, 0.15) is 23.7 Å². The van der Waals surface area contributed by atoms with E-state index in [4.69, 9.17) is 4.52 Å². The van der Waals surface area contributed by atoms with Gasteiger partial charge in [0.25, 0.3) is 5.92 Å². The monoisotopic (exact) mass is 524 g/mol. The van der Waals surface area contributed by atoms with Crippen molar-refractivity contribution >= 4 is 32.8 Å². The van der Waals surface area contributed by atoms with E-state index in [1.165, 1.54) is 24.3 Å². The molecule has 8 nitrogen and oxygen atoms in total. The summed E-state index contributed by atoms with van der Waals surface area (Å²) in [4.78, 5) is 15.4. The predicted molar refractivity (Wildman–Crippen MR) is 121 cm³/mol. The number of hydrogen-bond donors (Lipinski definition) is 1. The largest absolute Gasteiger partial charge is 0.354 e. The van der Waals surface area contributed by atoms with Gasteiger partial charge >= 0.3 is 6.03 Å². The Morgan fingerprint density at radius 3 is 2.44 bits per heavy atom. The molecule has 1 aromatic heterocycles. The SMILES string of the molecule is O=C1N(c2noc3cccc(-c4c(F)cccc4F)c23)CC[C@H]2N1C[C@@H](NS(=O)(=O)C1CC1)C2(F)F. The Morgan fingerprint density at radius 2 is 1.75 bits per heavy atom. The maximum absolute atomic E-state index is 15.2. The number of benzene rings is 2. The van der Waals surface area contributed by atoms with E-state index in [-0.39, 0.29) is 40.9 Å². The summed E-state index contributed by atoms with van der Waals surface area (Å²) in [5.41, 5.74) is -0.0878. The molecule has 0 spiro atoms. The van der Waals surface area contributed by atoms with Gasteiger partial charge in [-0.05, 0) is 37.5 Å². The number of rotatable bonds is 5. The highest BCUT2D eigenvalue weighted by atomic mass is 32.2. The van der Waals surface area contributed by atoms with Gasteiger partial charge in [-0.2, -0.15) is 0 Å². The van der Waals surface area contributed by atoms with Crippen molar-refractivity contribution in [2.45, 2.75) is 42.5 Å². The van der Waals surface area contributed by atoms with Crippen LogP contribution in [0, 0.1) is 11.6 Å². The molecule has 13 heteroatoms. The molecule has 3 aliphatic rings. The third-order valence-corrected chi connectivity index (χ3v) is 8.97. The van der Waals surface area contributed by atoms with Crippen LogP contribution in [0.2, 0.25) is 0 Å². The van der Waals surface area contributed by atoms with Gasteiger partial charge < -0.3 is 9.42 Å². The van der Waals surface area contributed by atoms with Crippen LogP contribution in [0.4, 0.5) is 28.2 Å². The van der Waals surface area contributed by atoms with Gasteiger partial charge in [0, 0.05) is 18.7 Å². The summed E-state index contributed by atoms with van der Waals surface area (Å²) in [6.45, 7) is -0.697. The summed E-state index contributed by atoms with van der Waals surface area (Å²) in [5.74, 6) is -5.19. The van der Waals surface area contributed by atoms with E-state index in [2.05, 4.69) is 9.88 Å². The Labute approximate surface area is 202 Å². The molecule has 2 aromatic carbocycles. The third-order valence-electron chi connectivity index (χ3n) is 7.00. The summed E-state index contributed by atoms with van der Waals surface area (Å²) >= 11 is 0. The van der Waals surface area contributed by atoms with E-state index in [0.29, 0.717) is 12.8 Å². The normalized spacial score (nSPS) is 23.9. The summed E-state index contributed by atoms with van der Waals surface area (Å²) in [5, 5.41) is 3.41. The molecule has 190 valence electrons. The quantitative estimate of drug-likeness (QED) is 0.512. The average Bonchev–Trinajstić information content (AvgIpc) is 3.55. The lowest BCUT2D eigenvalue weighted by Gasteiger charge is -2.37. The Balaban J connectivity index is 1.36. The number of nitrogens with zero attached hydrogens (tertiary/aromatic N) is 3. The summed E-state index contributed by atoms with van der Waals surface area (Å²) in [6.07, 6.45) is 0.653. The van der Waals surface area contributed by atoms with Crippen LogP contribution in [0.15, 0.2) is 40.9 Å². The second-order valence-corrected chi connectivity index (χ2v) is 11.3. The van der Waals surface area contributed by atoms with Crippen molar-refractivity contribution < 1.29 is 35.3 Å². The molecule has 2 aliphatic heterocycles. The molecule has 3 aromatic rings. The molecule has 2 atom stereocenters. The first kappa shape index (κ1) is 23.2. The van der Waals surface area contributed by atoms with Crippen molar-refractivity contribution in [2.75, 3.05) is 18.0 Å². The zero-order chi connectivity index (χ0) is 25.4. The van der Waals surface area contributed by atoms with E-state index in [1.807, 2.05) is 0 Å². The average molecular weight is 524 g/mol. The van der Waals surface area contributed by atoms with Crippen molar-refractivity contribution in [3.8, 4) is 11.1 Å². The van der Waals surface area contributed by atoms with Gasteiger partial charge in [0.15, 0.2) is 11.4 Å². The molecule has 1 N–H and O–H groups in total. The van der Waals surface area contributed by atoms with Crippen LogP contribution in [0.25, 0.3) is 22.1 Å². The lowest BCUT2D eigenvalue weighted by Crippen LogP contribution is -2.56. The lowest BCUT2D eigenvalue weighted by atomic mass is 9.99. The number of aromatic nitrogens is 1. The number of hydrogen-bond acceptors (Lipinski definition) is 5. The van der Waals surface area contributed by atoms with E-state index in [1.54, 1.807) is 0 Å². The van der Waals surface area contributed by atoms with Crippen LogP contribution in [0.5, 0.6) is 0 Å². The third kappa shape index (κ3) is 3.47. The fraction of sp³-hybridized carbons (Fsp3) is 0.391. The Kier molecular flexibility index (Phi) is 5.10. The fourth-order valence-corrected chi connectivity index (χ4v) is 6.63. The predicted octanol–water partition coefficient (Wildman–Crippen LogP) is 3.87. The number of urea groups is 1. The van der Waals surface area contributed by atoms with Crippen molar-refractivity contribution in [1.82, 2.24) is 14.8 Å². The van der Waals surface area contributed by atoms with Gasteiger partial charge in [-0.15, -0.1) is 0 Å². The molecular formula is C23H20F4N4O4S. The first-order valence-corrected chi connectivity index (χ1v) is 12.9. The Morgan fingerprint density at radius 1 is 1.06 bits per heavy atom. The van der Waals surface area contributed by atoms with Crippen LogP contribution in [-0.4, -0.2) is 60.9 Å². The number of sulfonamides is 1. The Bertz CT molecular complexity index is 1470. The van der Waals surface area contributed by atoms with Gasteiger partial charge in [-0.1, -0.05) is 23.4 Å². The van der Waals surface area contributed by atoms with E-state index in [0.717, 1.165) is 21.9 Å². The second-order valence-electron chi connectivity index (χ2n) is 9.26. The number of nitrogens with one attached hydrogen (secondary N) is 1. The molecule has 2 saturated heterocycles. The minimum Gasteiger partial charge on any atom is -0.354 e.